The first kappa shape index (κ1) is 15.8. The number of hydrogen-bond donors (Lipinski definition) is 2. The fourth-order valence-electron chi connectivity index (χ4n) is 2.11. The maximum Gasteiger partial charge on any atom is 0.233 e. The highest BCUT2D eigenvalue weighted by molar-refractivity contribution is 9.10. The third-order valence-electron chi connectivity index (χ3n) is 3.42. The van der Waals surface area contributed by atoms with Gasteiger partial charge in [-0.25, -0.2) is 0 Å². The third-order valence-corrected chi connectivity index (χ3v) is 5.42. The smallest absolute Gasteiger partial charge is 0.233 e. The molecule has 1 aliphatic heterocycles. The van der Waals surface area contributed by atoms with E-state index >= 15 is 0 Å². The van der Waals surface area contributed by atoms with E-state index in [9.17, 15) is 15.0 Å². The van der Waals surface area contributed by atoms with Crippen molar-refractivity contribution in [3.05, 3.63) is 27.7 Å². The summed E-state index contributed by atoms with van der Waals surface area (Å²) in [6.07, 6.45) is -1.64. The van der Waals surface area contributed by atoms with Crippen molar-refractivity contribution in [2.24, 2.45) is 0 Å². The van der Waals surface area contributed by atoms with Gasteiger partial charge in [0.05, 0.1) is 18.0 Å². The summed E-state index contributed by atoms with van der Waals surface area (Å²) < 4.78 is 1.07. The average Bonchev–Trinajstić information content (AvgIpc) is 2.72. The highest BCUT2D eigenvalue weighted by atomic mass is 79.9. The van der Waals surface area contributed by atoms with E-state index in [0.29, 0.717) is 5.75 Å². The molecule has 110 valence electrons. The van der Waals surface area contributed by atoms with Crippen molar-refractivity contribution in [1.29, 1.82) is 0 Å². The fourth-order valence-corrected chi connectivity index (χ4v) is 3.58. The summed E-state index contributed by atoms with van der Waals surface area (Å²) in [7, 11) is 0. The number of aliphatic hydroxyl groups excluding tert-OH is 2. The van der Waals surface area contributed by atoms with Gasteiger partial charge in [-0.15, -0.1) is 11.8 Å². The Labute approximate surface area is 131 Å². The first-order valence-corrected chi connectivity index (χ1v) is 8.20. The Morgan fingerprint density at radius 1 is 1.30 bits per heavy atom. The molecule has 20 heavy (non-hydrogen) atoms. The molecule has 0 spiro atoms. The molecule has 2 rings (SSSR count). The van der Waals surface area contributed by atoms with Gasteiger partial charge in [0.2, 0.25) is 5.91 Å². The highest BCUT2D eigenvalue weighted by Crippen LogP contribution is 2.28. The summed E-state index contributed by atoms with van der Waals surface area (Å²) in [6.45, 7) is 4.47. The van der Waals surface area contributed by atoms with Gasteiger partial charge in [-0.2, -0.15) is 0 Å². The summed E-state index contributed by atoms with van der Waals surface area (Å²) in [6, 6.07) is 4.11. The zero-order chi connectivity index (χ0) is 14.9. The number of β-amino-alcohol motifs (C(OH)–C–C–N with tert-alkyl or cyclic N) is 2. The van der Waals surface area contributed by atoms with E-state index in [1.54, 1.807) is 0 Å². The van der Waals surface area contributed by atoms with Crippen LogP contribution < -0.4 is 0 Å². The monoisotopic (exact) mass is 359 g/mol. The predicted molar refractivity (Wildman–Crippen MR) is 82.9 cm³/mol. The number of carbonyl (C=O) groups is 1. The number of amides is 1. The Morgan fingerprint density at radius 3 is 2.50 bits per heavy atom. The molecule has 2 unspecified atom stereocenters. The molecule has 6 heteroatoms. The number of aryl methyl sites for hydroxylation is 2. The number of halogens is 1. The van der Waals surface area contributed by atoms with Gasteiger partial charge < -0.3 is 15.1 Å². The second-order valence-electron chi connectivity index (χ2n) is 5.09. The SMILES string of the molecule is Cc1cc(SCC(=O)N2CC(O)C(O)C2)c(C)cc1Br. The fraction of sp³-hybridized carbons (Fsp3) is 0.500. The molecule has 0 radical (unpaired) electrons. The summed E-state index contributed by atoms with van der Waals surface area (Å²) >= 11 is 4.98. The topological polar surface area (TPSA) is 60.8 Å². The first-order chi connectivity index (χ1) is 9.38. The van der Waals surface area contributed by atoms with E-state index in [1.165, 1.54) is 16.7 Å². The molecule has 1 amide bonds. The van der Waals surface area contributed by atoms with E-state index < -0.39 is 12.2 Å². The van der Waals surface area contributed by atoms with E-state index in [2.05, 4.69) is 22.0 Å². The number of hydrogen-bond acceptors (Lipinski definition) is 4. The number of carbonyl (C=O) groups excluding carboxylic acids is 1. The quantitative estimate of drug-likeness (QED) is 0.806. The molecule has 0 aromatic heterocycles. The second kappa shape index (κ2) is 6.47. The van der Waals surface area contributed by atoms with Crippen molar-refractivity contribution in [3.63, 3.8) is 0 Å². The molecule has 1 heterocycles. The molecule has 2 atom stereocenters. The number of nitrogens with zero attached hydrogens (tertiary/aromatic N) is 1. The van der Waals surface area contributed by atoms with E-state index in [-0.39, 0.29) is 19.0 Å². The second-order valence-corrected chi connectivity index (χ2v) is 6.96. The third kappa shape index (κ3) is 3.55. The van der Waals surface area contributed by atoms with Crippen molar-refractivity contribution in [3.8, 4) is 0 Å². The first-order valence-electron chi connectivity index (χ1n) is 6.42. The van der Waals surface area contributed by atoms with Crippen LogP contribution >= 0.6 is 27.7 Å². The lowest BCUT2D eigenvalue weighted by Gasteiger charge is -2.15. The number of rotatable bonds is 3. The molecule has 1 fully saturated rings. The van der Waals surface area contributed by atoms with Crippen molar-refractivity contribution >= 4 is 33.6 Å². The van der Waals surface area contributed by atoms with E-state index in [1.807, 2.05) is 19.9 Å². The van der Waals surface area contributed by atoms with Crippen molar-refractivity contribution in [1.82, 2.24) is 4.90 Å². The van der Waals surface area contributed by atoms with Gasteiger partial charge in [0.15, 0.2) is 0 Å². The normalized spacial score (nSPS) is 22.4. The molecule has 0 bridgehead atoms. The van der Waals surface area contributed by atoms with Crippen LogP contribution in [0.3, 0.4) is 0 Å². The highest BCUT2D eigenvalue weighted by Gasteiger charge is 2.32. The van der Waals surface area contributed by atoms with Gasteiger partial charge in [-0.05, 0) is 37.1 Å². The maximum atomic E-state index is 12.0. The number of thioether (sulfide) groups is 1. The summed E-state index contributed by atoms with van der Waals surface area (Å²) in [5, 5.41) is 18.9. The van der Waals surface area contributed by atoms with Gasteiger partial charge in [-0.3, -0.25) is 4.79 Å². The van der Waals surface area contributed by atoms with Crippen LogP contribution in [0.15, 0.2) is 21.5 Å². The zero-order valence-electron chi connectivity index (χ0n) is 11.5. The summed E-state index contributed by atoms with van der Waals surface area (Å²) in [5.41, 5.74) is 2.26. The van der Waals surface area contributed by atoms with Crippen LogP contribution in [0.4, 0.5) is 0 Å². The van der Waals surface area contributed by atoms with Crippen LogP contribution in [-0.2, 0) is 4.79 Å². The standard InChI is InChI=1S/C14H18BrNO3S/c1-8-4-13(9(2)3-10(8)15)20-7-14(19)16-5-11(17)12(18)6-16/h3-4,11-12,17-18H,5-7H2,1-2H3. The van der Waals surface area contributed by atoms with Crippen molar-refractivity contribution in [2.45, 2.75) is 31.0 Å². The predicted octanol–water partition coefficient (Wildman–Crippen LogP) is 1.72. The van der Waals surface area contributed by atoms with Crippen LogP contribution in [0.2, 0.25) is 0 Å². The molecule has 1 aliphatic rings. The van der Waals surface area contributed by atoms with Crippen LogP contribution in [0.25, 0.3) is 0 Å². The minimum absolute atomic E-state index is 0.0504. The molecule has 1 aromatic rings. The molecule has 0 aliphatic carbocycles. The van der Waals surface area contributed by atoms with Crippen molar-refractivity contribution < 1.29 is 15.0 Å². The molecule has 1 saturated heterocycles. The van der Waals surface area contributed by atoms with E-state index in [4.69, 9.17) is 0 Å². The van der Waals surface area contributed by atoms with Crippen molar-refractivity contribution in [2.75, 3.05) is 18.8 Å². The van der Waals surface area contributed by atoms with Gasteiger partial charge in [0, 0.05) is 22.5 Å². The van der Waals surface area contributed by atoms with Gasteiger partial charge >= 0.3 is 0 Å². The Hall–Kier alpha value is -0.560. The van der Waals surface area contributed by atoms with Crippen LogP contribution in [0.1, 0.15) is 11.1 Å². The van der Waals surface area contributed by atoms with Crippen LogP contribution in [0.5, 0.6) is 0 Å². The lowest BCUT2D eigenvalue weighted by Crippen LogP contribution is -2.31. The molecule has 4 nitrogen and oxygen atoms in total. The Kier molecular flexibility index (Phi) is 5.12. The van der Waals surface area contributed by atoms with Crippen LogP contribution in [0, 0.1) is 13.8 Å². The Balaban J connectivity index is 1.96. The van der Waals surface area contributed by atoms with Gasteiger partial charge in [0.1, 0.15) is 0 Å². The largest absolute Gasteiger partial charge is 0.388 e. The lowest BCUT2D eigenvalue weighted by molar-refractivity contribution is -0.127. The number of aliphatic hydroxyl groups is 2. The van der Waals surface area contributed by atoms with Crippen LogP contribution in [-0.4, -0.2) is 52.1 Å². The average molecular weight is 360 g/mol. The number of likely N-dealkylation sites (tertiary alicyclic amines) is 1. The minimum atomic E-state index is -0.819. The molecular weight excluding hydrogens is 342 g/mol. The molecule has 0 saturated carbocycles. The Bertz CT molecular complexity index is 513. The lowest BCUT2D eigenvalue weighted by atomic mass is 10.2. The molecule has 2 N–H and O–H groups in total. The van der Waals surface area contributed by atoms with Gasteiger partial charge in [0.25, 0.3) is 0 Å². The number of benzene rings is 1. The Morgan fingerprint density at radius 2 is 1.90 bits per heavy atom. The zero-order valence-corrected chi connectivity index (χ0v) is 13.9. The van der Waals surface area contributed by atoms with E-state index in [0.717, 1.165) is 20.5 Å². The minimum Gasteiger partial charge on any atom is -0.388 e. The summed E-state index contributed by atoms with van der Waals surface area (Å²) in [4.78, 5) is 14.6. The van der Waals surface area contributed by atoms with Gasteiger partial charge in [-0.1, -0.05) is 15.9 Å². The molecular formula is C14H18BrNO3S. The molecule has 1 aromatic carbocycles. The maximum absolute atomic E-state index is 12.0. The summed E-state index contributed by atoms with van der Waals surface area (Å²) in [5.74, 6) is 0.270.